The van der Waals surface area contributed by atoms with E-state index in [2.05, 4.69) is 11.8 Å². The van der Waals surface area contributed by atoms with Gasteiger partial charge in [-0.15, -0.1) is 0 Å². The molecule has 3 heteroatoms. The van der Waals surface area contributed by atoms with Gasteiger partial charge in [0.2, 0.25) is 0 Å². The Balaban J connectivity index is 1.96. The van der Waals surface area contributed by atoms with Crippen molar-refractivity contribution in [3.05, 3.63) is 35.9 Å². The van der Waals surface area contributed by atoms with Crippen LogP contribution in [0.1, 0.15) is 18.4 Å². The van der Waals surface area contributed by atoms with Crippen molar-refractivity contribution in [2.45, 2.75) is 18.9 Å². The van der Waals surface area contributed by atoms with Crippen LogP contribution in [0, 0.1) is 11.8 Å². The monoisotopic (exact) mass is 229 g/mol. The topological polar surface area (TPSA) is 40.5 Å². The Morgan fingerprint density at radius 1 is 1.24 bits per heavy atom. The molecule has 1 N–H and O–H groups in total. The van der Waals surface area contributed by atoms with Crippen molar-refractivity contribution in [3.63, 3.8) is 0 Å². The summed E-state index contributed by atoms with van der Waals surface area (Å²) in [6.45, 7) is 1.20. The molecule has 1 aromatic carbocycles. The molecule has 0 unspecified atom stereocenters. The molecule has 0 aromatic heterocycles. The first-order chi connectivity index (χ1) is 8.25. The predicted molar refractivity (Wildman–Crippen MR) is 65.1 cm³/mol. The molecule has 1 fully saturated rings. The summed E-state index contributed by atoms with van der Waals surface area (Å²) >= 11 is 0. The highest BCUT2D eigenvalue weighted by Crippen LogP contribution is 2.09. The quantitative estimate of drug-likeness (QED) is 0.675. The van der Waals surface area contributed by atoms with Crippen LogP contribution in [0.4, 0.5) is 0 Å². The van der Waals surface area contributed by atoms with Crippen LogP contribution < -0.4 is 0 Å². The third-order valence-electron chi connectivity index (χ3n) is 2.84. The van der Waals surface area contributed by atoms with Gasteiger partial charge in [-0.25, -0.2) is 0 Å². The molecular weight excluding hydrogens is 214 g/mol. The first kappa shape index (κ1) is 11.7. The lowest BCUT2D eigenvalue weighted by atomic mass is 10.1. The Hall–Kier alpha value is -1.79. The zero-order valence-electron chi connectivity index (χ0n) is 9.60. The molecule has 1 amide bonds. The Kier molecular flexibility index (Phi) is 3.79. The van der Waals surface area contributed by atoms with Crippen LogP contribution in [-0.4, -0.2) is 35.1 Å². The third-order valence-corrected chi connectivity index (χ3v) is 2.84. The zero-order chi connectivity index (χ0) is 12.1. The van der Waals surface area contributed by atoms with E-state index in [4.69, 9.17) is 0 Å². The van der Waals surface area contributed by atoms with Crippen molar-refractivity contribution in [1.82, 2.24) is 4.90 Å². The number of piperidine rings is 1. The van der Waals surface area contributed by atoms with E-state index in [1.54, 1.807) is 4.90 Å². The molecule has 1 aliphatic heterocycles. The fourth-order valence-corrected chi connectivity index (χ4v) is 1.80. The highest BCUT2D eigenvalue weighted by Gasteiger charge is 2.19. The maximum absolute atomic E-state index is 11.7. The Morgan fingerprint density at radius 2 is 1.88 bits per heavy atom. The predicted octanol–water partition coefficient (Wildman–Crippen LogP) is 1.02. The van der Waals surface area contributed by atoms with E-state index in [1.165, 1.54) is 0 Å². The molecule has 0 bridgehead atoms. The summed E-state index contributed by atoms with van der Waals surface area (Å²) in [6, 6.07) is 9.46. The molecule has 1 heterocycles. The number of nitrogens with zero attached hydrogens (tertiary/aromatic N) is 1. The molecule has 1 saturated heterocycles. The van der Waals surface area contributed by atoms with E-state index < -0.39 is 0 Å². The number of hydrogen-bond acceptors (Lipinski definition) is 2. The summed E-state index contributed by atoms with van der Waals surface area (Å²) in [7, 11) is 0. The van der Waals surface area contributed by atoms with Crippen LogP contribution in [0.15, 0.2) is 30.3 Å². The number of aliphatic hydroxyl groups excluding tert-OH is 1. The Bertz CT molecular complexity index is 436. The first-order valence-corrected chi connectivity index (χ1v) is 5.80. The van der Waals surface area contributed by atoms with Gasteiger partial charge in [-0.1, -0.05) is 24.1 Å². The van der Waals surface area contributed by atoms with E-state index in [1.807, 2.05) is 30.3 Å². The van der Waals surface area contributed by atoms with Gasteiger partial charge < -0.3 is 10.0 Å². The van der Waals surface area contributed by atoms with E-state index in [-0.39, 0.29) is 12.0 Å². The van der Waals surface area contributed by atoms with E-state index in [0.29, 0.717) is 25.9 Å². The summed E-state index contributed by atoms with van der Waals surface area (Å²) in [6.07, 6.45) is 1.04. The fourth-order valence-electron chi connectivity index (χ4n) is 1.80. The molecule has 88 valence electrons. The van der Waals surface area contributed by atoms with Gasteiger partial charge in [0, 0.05) is 24.6 Å². The lowest BCUT2D eigenvalue weighted by molar-refractivity contribution is -0.127. The number of carbonyl (C=O) groups excluding carboxylic acids is 1. The smallest absolute Gasteiger partial charge is 0.298 e. The lowest BCUT2D eigenvalue weighted by Crippen LogP contribution is -2.39. The summed E-state index contributed by atoms with van der Waals surface area (Å²) in [5.74, 6) is 5.34. The van der Waals surface area contributed by atoms with Gasteiger partial charge >= 0.3 is 0 Å². The molecule has 0 aliphatic carbocycles. The zero-order valence-corrected chi connectivity index (χ0v) is 9.60. The maximum atomic E-state index is 11.7. The molecule has 0 atom stereocenters. The highest BCUT2D eigenvalue weighted by atomic mass is 16.3. The van der Waals surface area contributed by atoms with E-state index in [0.717, 1.165) is 5.56 Å². The van der Waals surface area contributed by atoms with Crippen LogP contribution >= 0.6 is 0 Å². The Labute approximate surface area is 101 Å². The second kappa shape index (κ2) is 5.51. The van der Waals surface area contributed by atoms with Crippen LogP contribution in [0.3, 0.4) is 0 Å². The van der Waals surface area contributed by atoms with Gasteiger partial charge in [-0.2, -0.15) is 0 Å². The van der Waals surface area contributed by atoms with Crippen molar-refractivity contribution < 1.29 is 9.90 Å². The number of aliphatic hydroxyl groups is 1. The van der Waals surface area contributed by atoms with Gasteiger partial charge in [0.05, 0.1) is 6.10 Å². The number of likely N-dealkylation sites (tertiary alicyclic amines) is 1. The van der Waals surface area contributed by atoms with Crippen LogP contribution in [0.5, 0.6) is 0 Å². The summed E-state index contributed by atoms with van der Waals surface area (Å²) in [4.78, 5) is 13.4. The highest BCUT2D eigenvalue weighted by molar-refractivity contribution is 5.94. The molecule has 1 aromatic rings. The van der Waals surface area contributed by atoms with Gasteiger partial charge in [-0.3, -0.25) is 4.79 Å². The van der Waals surface area contributed by atoms with Gasteiger partial charge in [0.25, 0.3) is 5.91 Å². The maximum Gasteiger partial charge on any atom is 0.298 e. The summed E-state index contributed by atoms with van der Waals surface area (Å²) in [5, 5.41) is 9.34. The van der Waals surface area contributed by atoms with Crippen molar-refractivity contribution in [2.24, 2.45) is 0 Å². The molecule has 0 saturated carbocycles. The normalized spacial score (nSPS) is 16.2. The molecule has 0 spiro atoms. The third kappa shape index (κ3) is 3.33. The Morgan fingerprint density at radius 3 is 2.53 bits per heavy atom. The fraction of sp³-hybridized carbons (Fsp3) is 0.357. The standard InChI is InChI=1S/C14H15NO2/c16-13-8-10-15(11-9-13)14(17)7-6-12-4-2-1-3-5-12/h1-5,13,16H,8-11H2. The molecule has 0 radical (unpaired) electrons. The van der Waals surface area contributed by atoms with Crippen LogP contribution in [-0.2, 0) is 4.79 Å². The summed E-state index contributed by atoms with van der Waals surface area (Å²) < 4.78 is 0. The number of hydrogen-bond donors (Lipinski definition) is 1. The number of benzene rings is 1. The van der Waals surface area contributed by atoms with Crippen molar-refractivity contribution in [1.29, 1.82) is 0 Å². The molecular formula is C14H15NO2. The van der Waals surface area contributed by atoms with Crippen molar-refractivity contribution >= 4 is 5.91 Å². The molecule has 2 rings (SSSR count). The van der Waals surface area contributed by atoms with Crippen molar-refractivity contribution in [2.75, 3.05) is 13.1 Å². The SMILES string of the molecule is O=C(C#Cc1ccccc1)N1CCC(O)CC1. The minimum absolute atomic E-state index is 0.152. The van der Waals surface area contributed by atoms with Gasteiger partial charge in [0.15, 0.2) is 0 Å². The minimum Gasteiger partial charge on any atom is -0.393 e. The van der Waals surface area contributed by atoms with E-state index in [9.17, 15) is 9.90 Å². The number of amides is 1. The molecule has 3 nitrogen and oxygen atoms in total. The van der Waals surface area contributed by atoms with Gasteiger partial charge in [-0.05, 0) is 25.0 Å². The lowest BCUT2D eigenvalue weighted by Gasteiger charge is -2.27. The average molecular weight is 229 g/mol. The van der Waals surface area contributed by atoms with E-state index >= 15 is 0 Å². The average Bonchev–Trinajstić information content (AvgIpc) is 2.38. The molecule has 17 heavy (non-hydrogen) atoms. The van der Waals surface area contributed by atoms with Crippen LogP contribution in [0.25, 0.3) is 0 Å². The second-order valence-corrected chi connectivity index (χ2v) is 4.14. The minimum atomic E-state index is -0.263. The summed E-state index contributed by atoms with van der Waals surface area (Å²) in [5.41, 5.74) is 0.845. The van der Waals surface area contributed by atoms with Crippen LogP contribution in [0.2, 0.25) is 0 Å². The largest absolute Gasteiger partial charge is 0.393 e. The number of carbonyl (C=O) groups is 1. The number of rotatable bonds is 0. The second-order valence-electron chi connectivity index (χ2n) is 4.14. The first-order valence-electron chi connectivity index (χ1n) is 5.80. The molecule has 1 aliphatic rings. The van der Waals surface area contributed by atoms with Gasteiger partial charge in [0.1, 0.15) is 0 Å². The van der Waals surface area contributed by atoms with Crippen molar-refractivity contribution in [3.8, 4) is 11.8 Å².